The molecule has 1 amide bonds. The number of methoxy groups -OCH3 is 1. The topological polar surface area (TPSA) is 85.8 Å². The zero-order valence-electron chi connectivity index (χ0n) is 13.7. The Kier molecular flexibility index (Phi) is 4.89. The minimum absolute atomic E-state index is 0.138. The first-order valence-electron chi connectivity index (χ1n) is 7.69. The van der Waals surface area contributed by atoms with Gasteiger partial charge >= 0.3 is 0 Å². The minimum atomic E-state index is -3.46. The van der Waals surface area contributed by atoms with Gasteiger partial charge in [-0.1, -0.05) is 0 Å². The molecule has 7 nitrogen and oxygen atoms in total. The van der Waals surface area contributed by atoms with Crippen LogP contribution in [-0.4, -0.2) is 56.3 Å². The molecule has 0 atom stereocenters. The average Bonchev–Trinajstić information content (AvgIpc) is 2.59. The molecule has 0 unspecified atom stereocenters. The fraction of sp³-hybridized carbons (Fsp3) is 0.294. The van der Waals surface area contributed by atoms with E-state index in [1.54, 1.807) is 30.5 Å². The van der Waals surface area contributed by atoms with Gasteiger partial charge in [0.2, 0.25) is 0 Å². The maximum Gasteiger partial charge on any atom is 0.260 e. The number of hydrogen-bond donors (Lipinski definition) is 0. The Balaban J connectivity index is 1.54. The molecule has 8 heteroatoms. The Labute approximate surface area is 146 Å². The highest BCUT2D eigenvalue weighted by Gasteiger charge is 2.40. The van der Waals surface area contributed by atoms with E-state index in [0.29, 0.717) is 11.5 Å². The third-order valence-electron chi connectivity index (χ3n) is 4.02. The van der Waals surface area contributed by atoms with E-state index in [-0.39, 0.29) is 30.5 Å². The molecule has 1 aromatic heterocycles. The van der Waals surface area contributed by atoms with Gasteiger partial charge in [-0.05, 0) is 36.4 Å². The Morgan fingerprint density at radius 1 is 1.20 bits per heavy atom. The molecule has 0 saturated carbocycles. The molecule has 1 aliphatic heterocycles. The predicted octanol–water partition coefficient (Wildman–Crippen LogP) is 1.15. The molecule has 2 heterocycles. The quantitative estimate of drug-likeness (QED) is 0.766. The van der Waals surface area contributed by atoms with Gasteiger partial charge in [-0.3, -0.25) is 9.78 Å². The molecular formula is C17H18N2O5S. The van der Waals surface area contributed by atoms with Gasteiger partial charge < -0.3 is 14.4 Å². The van der Waals surface area contributed by atoms with Gasteiger partial charge in [-0.15, -0.1) is 0 Å². The number of ether oxygens (including phenoxy) is 2. The Hall–Kier alpha value is -2.61. The van der Waals surface area contributed by atoms with E-state index in [1.165, 1.54) is 30.3 Å². The normalized spacial score (nSPS) is 14.7. The molecule has 25 heavy (non-hydrogen) atoms. The summed E-state index contributed by atoms with van der Waals surface area (Å²) in [6, 6.07) is 9.66. The van der Waals surface area contributed by atoms with E-state index >= 15 is 0 Å². The van der Waals surface area contributed by atoms with Gasteiger partial charge in [0.1, 0.15) is 16.7 Å². The highest BCUT2D eigenvalue weighted by Crippen LogP contribution is 2.25. The van der Waals surface area contributed by atoms with Crippen LogP contribution < -0.4 is 9.47 Å². The van der Waals surface area contributed by atoms with E-state index in [4.69, 9.17) is 9.47 Å². The van der Waals surface area contributed by atoms with Gasteiger partial charge in [0, 0.05) is 19.3 Å². The first kappa shape index (κ1) is 17.2. The van der Waals surface area contributed by atoms with E-state index < -0.39 is 15.1 Å². The van der Waals surface area contributed by atoms with Crippen LogP contribution in [-0.2, 0) is 14.6 Å². The van der Waals surface area contributed by atoms with Crippen molar-refractivity contribution in [2.45, 2.75) is 10.1 Å². The lowest BCUT2D eigenvalue weighted by Gasteiger charge is -2.38. The molecule has 1 aliphatic rings. The number of carbonyl (C=O) groups excluding carboxylic acids is 1. The third kappa shape index (κ3) is 3.74. The van der Waals surface area contributed by atoms with Crippen molar-refractivity contribution < 1.29 is 22.7 Å². The van der Waals surface area contributed by atoms with Crippen LogP contribution in [0.25, 0.3) is 0 Å². The molecule has 0 bridgehead atoms. The van der Waals surface area contributed by atoms with E-state index in [1.807, 2.05) is 0 Å². The van der Waals surface area contributed by atoms with Crippen LogP contribution in [0.3, 0.4) is 0 Å². The summed E-state index contributed by atoms with van der Waals surface area (Å²) in [5.41, 5.74) is 0. The predicted molar refractivity (Wildman–Crippen MR) is 90.3 cm³/mol. The summed E-state index contributed by atoms with van der Waals surface area (Å²) in [4.78, 5) is 17.7. The van der Waals surface area contributed by atoms with E-state index in [2.05, 4.69) is 4.98 Å². The second-order valence-corrected chi connectivity index (χ2v) is 7.85. The van der Waals surface area contributed by atoms with Crippen LogP contribution in [0.5, 0.6) is 11.5 Å². The first-order chi connectivity index (χ1) is 12.0. The van der Waals surface area contributed by atoms with Crippen molar-refractivity contribution in [3.8, 4) is 11.5 Å². The summed E-state index contributed by atoms with van der Waals surface area (Å²) in [6.45, 7) is 0.203. The molecule has 0 radical (unpaired) electrons. The number of carbonyl (C=O) groups is 1. The summed E-state index contributed by atoms with van der Waals surface area (Å²) < 4.78 is 35.5. The lowest BCUT2D eigenvalue weighted by atomic mass is 10.2. The molecule has 1 saturated heterocycles. The van der Waals surface area contributed by atoms with Crippen molar-refractivity contribution in [3.05, 3.63) is 48.8 Å². The number of sulfone groups is 1. The van der Waals surface area contributed by atoms with Crippen molar-refractivity contribution in [3.63, 3.8) is 0 Å². The maximum absolute atomic E-state index is 12.5. The second-order valence-electron chi connectivity index (χ2n) is 5.62. The number of nitrogens with zero attached hydrogens (tertiary/aromatic N) is 2. The molecule has 2 aromatic rings. The zero-order valence-corrected chi connectivity index (χ0v) is 14.5. The molecule has 3 rings (SSSR count). The van der Waals surface area contributed by atoms with Crippen LogP contribution in [0.1, 0.15) is 0 Å². The molecule has 1 fully saturated rings. The van der Waals surface area contributed by atoms with Gasteiger partial charge in [0.05, 0.1) is 18.2 Å². The fourth-order valence-electron chi connectivity index (χ4n) is 2.46. The molecule has 0 aliphatic carbocycles. The van der Waals surface area contributed by atoms with Crippen molar-refractivity contribution in [2.24, 2.45) is 0 Å². The van der Waals surface area contributed by atoms with Crippen molar-refractivity contribution in [2.75, 3.05) is 26.8 Å². The van der Waals surface area contributed by atoms with Gasteiger partial charge in [-0.2, -0.15) is 0 Å². The van der Waals surface area contributed by atoms with Gasteiger partial charge in [-0.25, -0.2) is 8.42 Å². The molecular weight excluding hydrogens is 344 g/mol. The number of likely N-dealkylation sites (tertiary alicyclic amines) is 1. The Morgan fingerprint density at radius 2 is 1.92 bits per heavy atom. The third-order valence-corrected chi connectivity index (χ3v) is 6.13. The van der Waals surface area contributed by atoms with Crippen LogP contribution in [0.2, 0.25) is 0 Å². The summed E-state index contributed by atoms with van der Waals surface area (Å²) in [6.07, 6.45) is 3.12. The monoisotopic (exact) mass is 362 g/mol. The van der Waals surface area contributed by atoms with Crippen LogP contribution in [0.15, 0.2) is 53.7 Å². The fourth-order valence-corrected chi connectivity index (χ4v) is 4.12. The smallest absolute Gasteiger partial charge is 0.260 e. The average molecular weight is 362 g/mol. The Bertz CT molecular complexity index is 831. The van der Waals surface area contributed by atoms with Crippen LogP contribution in [0.4, 0.5) is 0 Å². The maximum atomic E-state index is 12.5. The number of benzene rings is 1. The van der Waals surface area contributed by atoms with Gasteiger partial charge in [0.15, 0.2) is 16.4 Å². The summed E-state index contributed by atoms with van der Waals surface area (Å²) in [5.74, 6) is 0.848. The number of aromatic nitrogens is 1. The molecule has 0 N–H and O–H groups in total. The molecule has 1 aromatic carbocycles. The van der Waals surface area contributed by atoms with Crippen molar-refractivity contribution in [1.29, 1.82) is 0 Å². The SMILES string of the molecule is COc1ccc(S(=O)(=O)C2CN(C(=O)COc3cccnc3)C2)cc1. The standard InChI is InChI=1S/C17H18N2O5S/c1-23-13-4-6-15(7-5-13)25(21,22)16-10-19(11-16)17(20)12-24-14-3-2-8-18-9-14/h2-9,16H,10-12H2,1H3. The van der Waals surface area contributed by atoms with Crippen molar-refractivity contribution >= 4 is 15.7 Å². The zero-order chi connectivity index (χ0) is 17.9. The van der Waals surface area contributed by atoms with E-state index in [0.717, 1.165) is 0 Å². The Morgan fingerprint density at radius 3 is 2.52 bits per heavy atom. The number of rotatable bonds is 6. The summed E-state index contributed by atoms with van der Waals surface area (Å²) in [7, 11) is -1.94. The summed E-state index contributed by atoms with van der Waals surface area (Å²) >= 11 is 0. The van der Waals surface area contributed by atoms with Gasteiger partial charge in [0.25, 0.3) is 5.91 Å². The summed E-state index contributed by atoms with van der Waals surface area (Å²) in [5, 5.41) is -0.594. The van der Waals surface area contributed by atoms with Crippen LogP contribution >= 0.6 is 0 Å². The minimum Gasteiger partial charge on any atom is -0.497 e. The number of hydrogen-bond acceptors (Lipinski definition) is 6. The molecule has 0 spiro atoms. The first-order valence-corrected chi connectivity index (χ1v) is 9.24. The number of pyridine rings is 1. The number of amides is 1. The van der Waals surface area contributed by atoms with Crippen molar-refractivity contribution in [1.82, 2.24) is 9.88 Å². The molecule has 132 valence electrons. The second kappa shape index (κ2) is 7.10. The highest BCUT2D eigenvalue weighted by molar-refractivity contribution is 7.92. The van der Waals surface area contributed by atoms with E-state index in [9.17, 15) is 13.2 Å². The highest BCUT2D eigenvalue weighted by atomic mass is 32.2. The lowest BCUT2D eigenvalue weighted by molar-refractivity contribution is -0.136. The van der Waals surface area contributed by atoms with Crippen LogP contribution in [0, 0.1) is 0 Å². The largest absolute Gasteiger partial charge is 0.497 e. The lowest BCUT2D eigenvalue weighted by Crippen LogP contribution is -2.57.